The number of ether oxygens (including phenoxy) is 5. The number of hydrogen-bond acceptors (Lipinski definition) is 12. The van der Waals surface area contributed by atoms with Gasteiger partial charge < -0.3 is 49.0 Å². The molecular weight excluding hydrogens is 877 g/mol. The lowest BCUT2D eigenvalue weighted by Crippen LogP contribution is -2.70. The number of hydrogen-bond donors (Lipinski definition) is 3. The Morgan fingerprint density at radius 1 is 0.928 bits per heavy atom. The van der Waals surface area contributed by atoms with Gasteiger partial charge in [0.1, 0.15) is 23.1 Å². The zero-order chi connectivity index (χ0) is 48.5. The quantitative estimate of drug-likeness (QED) is 0.0463. The number of allylic oxidation sites excluding steroid dienone is 1. The minimum absolute atomic E-state index is 0.0188. The van der Waals surface area contributed by atoms with Crippen LogP contribution in [0.5, 0.6) is 23.0 Å². The third-order valence-corrected chi connectivity index (χ3v) is 13.3. The van der Waals surface area contributed by atoms with E-state index in [9.17, 15) is 20.3 Å². The molecule has 14 nitrogen and oxygen atoms in total. The molecule has 4 aromatic rings. The smallest absolute Gasteiger partial charge is 0.412 e. The first kappa shape index (κ1) is 48.8. The Morgan fingerprint density at radius 3 is 2.39 bits per heavy atom. The maximum atomic E-state index is 15.5. The largest absolute Gasteiger partial charge is 0.459 e. The number of benzene rings is 4. The Balaban J connectivity index is 1.33. The molecule has 0 aromatic heterocycles. The summed E-state index contributed by atoms with van der Waals surface area (Å²) in [7, 11) is 0. The van der Waals surface area contributed by atoms with Gasteiger partial charge in [-0.05, 0) is 130 Å². The fraction of sp³-hybridized carbons (Fsp3) is 0.418. The topological polar surface area (TPSA) is 181 Å². The first-order valence-corrected chi connectivity index (χ1v) is 23.9. The van der Waals surface area contributed by atoms with Crippen molar-refractivity contribution in [3.8, 4) is 29.1 Å². The number of aliphatic hydroxyl groups is 2. The van der Waals surface area contributed by atoms with Gasteiger partial charge in [-0.15, -0.1) is 6.58 Å². The van der Waals surface area contributed by atoms with Crippen LogP contribution in [0.2, 0.25) is 0 Å². The fourth-order valence-corrected chi connectivity index (χ4v) is 10.2. The molecule has 14 heteroatoms. The first-order chi connectivity index (χ1) is 33.4. The summed E-state index contributed by atoms with van der Waals surface area (Å²) in [6, 6.07) is 28.4. The van der Waals surface area contributed by atoms with E-state index < -0.39 is 29.4 Å². The van der Waals surface area contributed by atoms with Crippen molar-refractivity contribution in [3.05, 3.63) is 143 Å². The van der Waals surface area contributed by atoms with Gasteiger partial charge in [-0.1, -0.05) is 66.5 Å². The molecule has 2 heterocycles. The second-order valence-corrected chi connectivity index (χ2v) is 19.0. The van der Waals surface area contributed by atoms with E-state index in [1.165, 1.54) is 0 Å². The van der Waals surface area contributed by atoms with Gasteiger partial charge in [-0.2, -0.15) is 5.26 Å². The van der Waals surface area contributed by atoms with E-state index >= 15 is 4.79 Å². The van der Waals surface area contributed by atoms with E-state index in [4.69, 9.17) is 33.7 Å². The molecule has 8 rings (SSSR count). The molecule has 3 N–H and O–H groups in total. The molecule has 4 aliphatic rings. The molecule has 0 spiro atoms. The van der Waals surface area contributed by atoms with Crippen LogP contribution in [-0.2, 0) is 22.7 Å². The Kier molecular flexibility index (Phi) is 15.4. The van der Waals surface area contributed by atoms with E-state index in [1.807, 2.05) is 81.4 Å². The highest BCUT2D eigenvalue weighted by Crippen LogP contribution is 2.62. The molecule has 2 amide bonds. The van der Waals surface area contributed by atoms with E-state index in [2.05, 4.69) is 24.0 Å². The number of nitrogens with one attached hydrogen (secondary N) is 1. The van der Waals surface area contributed by atoms with Crippen molar-refractivity contribution in [2.24, 2.45) is 22.9 Å². The van der Waals surface area contributed by atoms with Gasteiger partial charge in [0.15, 0.2) is 11.5 Å². The monoisotopic (exact) mass is 938 g/mol. The van der Waals surface area contributed by atoms with Gasteiger partial charge in [-0.3, -0.25) is 4.79 Å². The molecule has 0 radical (unpaired) electrons. The van der Waals surface area contributed by atoms with E-state index in [0.29, 0.717) is 52.7 Å². The van der Waals surface area contributed by atoms with Crippen LogP contribution in [0.25, 0.3) is 0 Å². The number of aliphatic hydroxyl groups excluding tert-OH is 2. The molecule has 2 aliphatic carbocycles. The number of unbranched alkanes of at least 4 members (excludes halogenated alkanes) is 2. The number of carbonyl (C=O) groups is 2. The number of nitriles is 1. The van der Waals surface area contributed by atoms with Crippen molar-refractivity contribution in [3.63, 3.8) is 0 Å². The van der Waals surface area contributed by atoms with E-state index in [-0.39, 0.29) is 69.8 Å². The summed E-state index contributed by atoms with van der Waals surface area (Å²) in [4.78, 5) is 37.0. The van der Waals surface area contributed by atoms with Gasteiger partial charge in [-0.25, -0.2) is 4.79 Å². The average molecular weight is 939 g/mol. The van der Waals surface area contributed by atoms with Crippen molar-refractivity contribution in [2.45, 2.75) is 102 Å². The summed E-state index contributed by atoms with van der Waals surface area (Å²) < 4.78 is 32.1. The summed E-state index contributed by atoms with van der Waals surface area (Å²) in [6.07, 6.45) is 7.69. The second kappa shape index (κ2) is 21.7. The summed E-state index contributed by atoms with van der Waals surface area (Å²) in [6.45, 7) is 10.5. The van der Waals surface area contributed by atoms with Crippen molar-refractivity contribution in [1.82, 2.24) is 10.2 Å². The third kappa shape index (κ3) is 11.0. The molecule has 0 bridgehead atoms. The van der Waals surface area contributed by atoms with Crippen LogP contribution >= 0.6 is 0 Å². The number of nitrogens with zero attached hydrogens (tertiary/aromatic N) is 3. The van der Waals surface area contributed by atoms with Crippen LogP contribution in [0.1, 0.15) is 104 Å². The molecule has 6 atom stereocenters. The summed E-state index contributed by atoms with van der Waals surface area (Å²) >= 11 is 0. The van der Waals surface area contributed by atoms with Crippen molar-refractivity contribution >= 4 is 17.7 Å². The molecule has 1 fully saturated rings. The highest BCUT2D eigenvalue weighted by molar-refractivity contribution is 6.03. The SMILES string of the molecule is C=CCOC12Oc3ccc(OC(=O)NCc4ccccc4)cc3C3C(CCCCO)C(CCCCO)C=C(C(=NOC(C)(C)C)CC1N(Cc1ccc4c(c1)OCO4)C(=O)c1ccc(C#N)cc1)C32. The van der Waals surface area contributed by atoms with Crippen LogP contribution in [0.15, 0.2) is 120 Å². The number of oxime groups is 1. The van der Waals surface area contributed by atoms with Crippen molar-refractivity contribution in [2.75, 3.05) is 26.6 Å². The lowest BCUT2D eigenvalue weighted by Gasteiger charge is -2.60. The maximum absolute atomic E-state index is 15.5. The summed E-state index contributed by atoms with van der Waals surface area (Å²) in [5.41, 5.74) is 4.08. The average Bonchev–Trinajstić information content (AvgIpc) is 3.83. The standard InChI is InChI=1S/C55H62N4O10/c1-5-27-66-55-49(59(52(62)39-20-17-36(32-56)18-21-39)34-38-19-23-47-48(28-38)65-35-64-47)31-45(58-69-54(2,3)4)43-29-40(15-9-11-25-60)42(16-10-12-26-61)50(51(43)55)44-30-41(22-24-46(44)68-55)67-53(63)57-33-37-13-7-6-8-14-37/h5-8,13-14,17-24,28-30,40,42,49-51,60-61H,1,9-12,15-16,25-27,31,33-35H2,2-4H3,(H,57,63). The van der Waals surface area contributed by atoms with E-state index in [0.717, 1.165) is 47.9 Å². The maximum Gasteiger partial charge on any atom is 0.412 e. The lowest BCUT2D eigenvalue weighted by molar-refractivity contribution is -0.255. The summed E-state index contributed by atoms with van der Waals surface area (Å²) in [5, 5.41) is 37.6. The van der Waals surface area contributed by atoms with Crippen molar-refractivity contribution < 1.29 is 48.3 Å². The van der Waals surface area contributed by atoms with Crippen molar-refractivity contribution in [1.29, 1.82) is 5.26 Å². The molecule has 0 saturated heterocycles. The van der Waals surface area contributed by atoms with Gasteiger partial charge in [0.2, 0.25) is 12.6 Å². The molecule has 4 aromatic carbocycles. The highest BCUT2D eigenvalue weighted by atomic mass is 16.7. The Morgan fingerprint density at radius 2 is 1.67 bits per heavy atom. The summed E-state index contributed by atoms with van der Waals surface area (Å²) in [5.74, 6) is -0.987. The molecular formula is C55H62N4O10. The molecule has 69 heavy (non-hydrogen) atoms. The number of rotatable bonds is 19. The van der Waals surface area contributed by atoms with Gasteiger partial charge >= 0.3 is 6.09 Å². The fourth-order valence-electron chi connectivity index (χ4n) is 10.2. The van der Waals surface area contributed by atoms with Crippen LogP contribution in [-0.4, -0.2) is 76.9 Å². The Hall–Kier alpha value is -6.66. The molecule has 6 unspecified atom stereocenters. The lowest BCUT2D eigenvalue weighted by atomic mass is 9.55. The van der Waals surface area contributed by atoms with E-state index in [1.54, 1.807) is 41.3 Å². The minimum Gasteiger partial charge on any atom is -0.459 e. The highest BCUT2D eigenvalue weighted by Gasteiger charge is 2.65. The van der Waals surface area contributed by atoms with Crippen LogP contribution < -0.4 is 24.3 Å². The van der Waals surface area contributed by atoms with Crippen LogP contribution in [0, 0.1) is 29.1 Å². The minimum atomic E-state index is -1.57. The first-order valence-electron chi connectivity index (χ1n) is 23.9. The number of fused-ring (bicyclic) bond motifs is 3. The zero-order valence-corrected chi connectivity index (χ0v) is 39.6. The Labute approximate surface area is 404 Å². The molecule has 1 saturated carbocycles. The Bertz CT molecular complexity index is 2570. The van der Waals surface area contributed by atoms with Gasteiger partial charge in [0, 0.05) is 49.8 Å². The zero-order valence-electron chi connectivity index (χ0n) is 39.6. The van der Waals surface area contributed by atoms with Gasteiger partial charge in [0.25, 0.3) is 5.91 Å². The van der Waals surface area contributed by atoms with Crippen LogP contribution in [0.4, 0.5) is 4.79 Å². The predicted octanol–water partition coefficient (Wildman–Crippen LogP) is 9.35. The molecule has 2 aliphatic heterocycles. The molecule has 362 valence electrons. The number of amides is 2. The number of carbonyl (C=O) groups excluding carboxylic acids is 2. The van der Waals surface area contributed by atoms with Crippen LogP contribution in [0.3, 0.4) is 0 Å². The van der Waals surface area contributed by atoms with Gasteiger partial charge in [0.05, 0.1) is 29.9 Å². The third-order valence-electron chi connectivity index (χ3n) is 13.3. The predicted molar refractivity (Wildman–Crippen MR) is 259 cm³/mol. The normalized spacial score (nSPS) is 22.5. The second-order valence-electron chi connectivity index (χ2n) is 19.0.